The van der Waals surface area contributed by atoms with Crippen molar-refractivity contribution in [2.75, 3.05) is 13.1 Å². The predicted octanol–water partition coefficient (Wildman–Crippen LogP) is 1.62. The molecule has 68 valence electrons. The number of carbonyl (C=O) groups is 1. The van der Waals surface area contributed by atoms with E-state index in [-0.39, 0.29) is 5.54 Å². The molecule has 0 bridgehead atoms. The van der Waals surface area contributed by atoms with Gasteiger partial charge in [-0.25, -0.2) is 0 Å². The van der Waals surface area contributed by atoms with E-state index in [0.717, 1.165) is 13.1 Å². The fourth-order valence-corrected chi connectivity index (χ4v) is 1.74. The lowest BCUT2D eigenvalue weighted by atomic mass is 9.89. The first kappa shape index (κ1) is 9.46. The highest BCUT2D eigenvalue weighted by atomic mass is 16.1. The van der Waals surface area contributed by atoms with Crippen LogP contribution in [0.2, 0.25) is 0 Å². The second kappa shape index (κ2) is 3.40. The van der Waals surface area contributed by atoms with E-state index in [4.69, 9.17) is 0 Å². The largest absolute Gasteiger partial charge is 0.300 e. The number of rotatable bonds is 2. The van der Waals surface area contributed by atoms with Gasteiger partial charge in [-0.05, 0) is 13.8 Å². The average Bonchev–Trinajstić information content (AvgIpc) is 1.94. The molecular weight excluding hydrogens is 150 g/mol. The number of piperidine rings is 1. The molecule has 1 heterocycles. The summed E-state index contributed by atoms with van der Waals surface area (Å²) in [5, 5.41) is 0. The smallest absolute Gasteiger partial charge is 0.136 e. The Balaban J connectivity index is 2.63. The van der Waals surface area contributed by atoms with Crippen LogP contribution < -0.4 is 0 Å². The average molecular weight is 167 g/mol. The molecule has 0 aromatic rings. The van der Waals surface area contributed by atoms with Gasteiger partial charge < -0.3 is 0 Å². The maximum absolute atomic E-state index is 11.2. The molecule has 2 nitrogen and oxygen atoms in total. The molecule has 1 fully saturated rings. The highest BCUT2D eigenvalue weighted by Gasteiger charge is 2.32. The summed E-state index contributed by atoms with van der Waals surface area (Å²) in [6.45, 7) is 9.73. The predicted molar refractivity (Wildman–Crippen MR) is 50.1 cm³/mol. The molecule has 0 amide bonds. The molecule has 0 aromatic carbocycles. The number of hydrogen-bond donors (Lipinski definition) is 0. The van der Waals surface area contributed by atoms with Gasteiger partial charge in [0, 0.05) is 31.5 Å². The monoisotopic (exact) mass is 167 g/mol. The lowest BCUT2D eigenvalue weighted by molar-refractivity contribution is -0.125. The van der Waals surface area contributed by atoms with E-state index < -0.39 is 0 Å². The SMILES string of the molecule is C=CCN1CCC(=O)CC1(C)C. The van der Waals surface area contributed by atoms with Gasteiger partial charge in [-0.3, -0.25) is 9.69 Å². The van der Waals surface area contributed by atoms with E-state index in [2.05, 4.69) is 25.3 Å². The summed E-state index contributed by atoms with van der Waals surface area (Å²) in [4.78, 5) is 13.5. The van der Waals surface area contributed by atoms with E-state index in [1.807, 2.05) is 6.08 Å². The van der Waals surface area contributed by atoms with Crippen LogP contribution in [0.1, 0.15) is 26.7 Å². The lowest BCUT2D eigenvalue weighted by Gasteiger charge is -2.41. The number of Topliss-reactive ketones (excluding diaryl/α,β-unsaturated/α-hetero) is 1. The molecule has 0 aliphatic carbocycles. The minimum Gasteiger partial charge on any atom is -0.300 e. The highest BCUT2D eigenvalue weighted by Crippen LogP contribution is 2.24. The maximum atomic E-state index is 11.2. The Labute approximate surface area is 74.2 Å². The third-order valence-corrected chi connectivity index (χ3v) is 2.50. The fourth-order valence-electron chi connectivity index (χ4n) is 1.74. The molecule has 0 spiro atoms. The van der Waals surface area contributed by atoms with E-state index in [9.17, 15) is 4.79 Å². The van der Waals surface area contributed by atoms with E-state index in [1.165, 1.54) is 0 Å². The molecule has 0 N–H and O–H groups in total. The van der Waals surface area contributed by atoms with Crippen molar-refractivity contribution >= 4 is 5.78 Å². The fraction of sp³-hybridized carbons (Fsp3) is 0.700. The van der Waals surface area contributed by atoms with Crippen LogP contribution in [0.3, 0.4) is 0 Å². The van der Waals surface area contributed by atoms with Gasteiger partial charge in [-0.1, -0.05) is 6.08 Å². The Morgan fingerprint density at radius 1 is 1.67 bits per heavy atom. The standard InChI is InChI=1S/C10H17NO/c1-4-6-11-7-5-9(12)8-10(11,2)3/h4H,1,5-8H2,2-3H3. The Kier molecular flexibility index (Phi) is 2.68. The quantitative estimate of drug-likeness (QED) is 0.582. The summed E-state index contributed by atoms with van der Waals surface area (Å²) in [6.07, 6.45) is 3.29. The molecule has 1 saturated heterocycles. The van der Waals surface area contributed by atoms with Gasteiger partial charge in [0.05, 0.1) is 0 Å². The van der Waals surface area contributed by atoms with E-state index >= 15 is 0 Å². The Morgan fingerprint density at radius 3 is 2.83 bits per heavy atom. The Hall–Kier alpha value is -0.630. The van der Waals surface area contributed by atoms with Crippen molar-refractivity contribution < 1.29 is 4.79 Å². The van der Waals surface area contributed by atoms with Crippen LogP contribution in [0, 0.1) is 0 Å². The van der Waals surface area contributed by atoms with Crippen molar-refractivity contribution in [1.29, 1.82) is 0 Å². The normalized spacial score (nSPS) is 24.0. The van der Waals surface area contributed by atoms with Crippen LogP contribution in [-0.4, -0.2) is 29.3 Å². The van der Waals surface area contributed by atoms with Crippen molar-refractivity contribution in [2.24, 2.45) is 0 Å². The third kappa shape index (κ3) is 1.95. The zero-order chi connectivity index (χ0) is 9.19. The van der Waals surface area contributed by atoms with Crippen LogP contribution in [0.15, 0.2) is 12.7 Å². The molecule has 0 unspecified atom stereocenters. The summed E-state index contributed by atoms with van der Waals surface area (Å²) >= 11 is 0. The second-order valence-electron chi connectivity index (χ2n) is 4.01. The zero-order valence-corrected chi connectivity index (χ0v) is 7.97. The molecule has 0 saturated carbocycles. The molecule has 0 atom stereocenters. The summed E-state index contributed by atoms with van der Waals surface area (Å²) < 4.78 is 0. The zero-order valence-electron chi connectivity index (χ0n) is 7.97. The van der Waals surface area contributed by atoms with Gasteiger partial charge >= 0.3 is 0 Å². The first-order valence-corrected chi connectivity index (χ1v) is 4.44. The topological polar surface area (TPSA) is 20.3 Å². The van der Waals surface area contributed by atoms with Crippen molar-refractivity contribution in [3.05, 3.63) is 12.7 Å². The van der Waals surface area contributed by atoms with Gasteiger partial charge in [-0.15, -0.1) is 6.58 Å². The van der Waals surface area contributed by atoms with Gasteiger partial charge in [-0.2, -0.15) is 0 Å². The minimum absolute atomic E-state index is 0.0313. The Morgan fingerprint density at radius 2 is 2.33 bits per heavy atom. The molecule has 1 aliphatic rings. The molecule has 1 rings (SSSR count). The number of carbonyl (C=O) groups excluding carboxylic acids is 1. The van der Waals surface area contributed by atoms with Crippen molar-refractivity contribution in [2.45, 2.75) is 32.2 Å². The van der Waals surface area contributed by atoms with Gasteiger partial charge in [0.15, 0.2) is 0 Å². The molecule has 1 aliphatic heterocycles. The lowest BCUT2D eigenvalue weighted by Crippen LogP contribution is -2.50. The van der Waals surface area contributed by atoms with Crippen LogP contribution in [0.5, 0.6) is 0 Å². The minimum atomic E-state index is 0.0313. The van der Waals surface area contributed by atoms with Crippen molar-refractivity contribution in [3.63, 3.8) is 0 Å². The first-order chi connectivity index (χ1) is 5.56. The molecular formula is C10H17NO. The number of nitrogens with zero attached hydrogens (tertiary/aromatic N) is 1. The summed E-state index contributed by atoms with van der Waals surface area (Å²) in [5.41, 5.74) is 0.0313. The highest BCUT2D eigenvalue weighted by molar-refractivity contribution is 5.80. The maximum Gasteiger partial charge on any atom is 0.136 e. The Bertz CT molecular complexity index is 196. The van der Waals surface area contributed by atoms with Crippen LogP contribution in [-0.2, 0) is 4.79 Å². The third-order valence-electron chi connectivity index (χ3n) is 2.50. The number of ketones is 1. The molecule has 2 heteroatoms. The second-order valence-corrected chi connectivity index (χ2v) is 4.01. The van der Waals surface area contributed by atoms with Gasteiger partial charge in [0.1, 0.15) is 5.78 Å². The van der Waals surface area contributed by atoms with Crippen molar-refractivity contribution in [3.8, 4) is 0 Å². The summed E-state index contributed by atoms with van der Waals surface area (Å²) in [5.74, 6) is 0.389. The van der Waals surface area contributed by atoms with E-state index in [0.29, 0.717) is 18.6 Å². The number of hydrogen-bond acceptors (Lipinski definition) is 2. The molecule has 0 aromatic heterocycles. The summed E-state index contributed by atoms with van der Waals surface area (Å²) in [6, 6.07) is 0. The first-order valence-electron chi connectivity index (χ1n) is 4.44. The summed E-state index contributed by atoms with van der Waals surface area (Å²) in [7, 11) is 0. The van der Waals surface area contributed by atoms with E-state index in [1.54, 1.807) is 0 Å². The van der Waals surface area contributed by atoms with Gasteiger partial charge in [0.2, 0.25) is 0 Å². The van der Waals surface area contributed by atoms with Gasteiger partial charge in [0.25, 0.3) is 0 Å². The van der Waals surface area contributed by atoms with Crippen LogP contribution >= 0.6 is 0 Å². The number of likely N-dealkylation sites (tertiary alicyclic amines) is 1. The van der Waals surface area contributed by atoms with Crippen LogP contribution in [0.4, 0.5) is 0 Å². The molecule has 0 radical (unpaired) electrons. The molecule has 12 heavy (non-hydrogen) atoms. The van der Waals surface area contributed by atoms with Crippen LogP contribution in [0.25, 0.3) is 0 Å². The van der Waals surface area contributed by atoms with Crippen molar-refractivity contribution in [1.82, 2.24) is 4.90 Å².